The zero-order valence-corrected chi connectivity index (χ0v) is 13.8. The van der Waals surface area contributed by atoms with Gasteiger partial charge in [-0.15, -0.1) is 0 Å². The number of aromatic nitrogens is 2. The third-order valence-corrected chi connectivity index (χ3v) is 4.42. The summed E-state index contributed by atoms with van der Waals surface area (Å²) < 4.78 is 17.1. The van der Waals surface area contributed by atoms with E-state index in [9.17, 15) is 0 Å². The molecule has 0 amide bonds. The van der Waals surface area contributed by atoms with Gasteiger partial charge in [-0.2, -0.15) is 0 Å². The molecule has 2 aromatic rings. The average molecular weight is 327 g/mol. The first-order valence-corrected chi connectivity index (χ1v) is 8.47. The first kappa shape index (κ1) is 15.1. The second kappa shape index (κ2) is 6.55. The van der Waals surface area contributed by atoms with E-state index in [1.54, 1.807) is 6.33 Å². The molecule has 0 N–H and O–H groups in total. The van der Waals surface area contributed by atoms with Crippen LogP contribution in [0.3, 0.4) is 0 Å². The minimum atomic E-state index is 0.228. The average Bonchev–Trinajstić information content (AvgIpc) is 3.11. The molecule has 3 heterocycles. The molecule has 1 atom stereocenters. The van der Waals surface area contributed by atoms with Gasteiger partial charge in [0.25, 0.3) is 0 Å². The molecule has 0 aliphatic carbocycles. The molecular weight excluding hydrogens is 306 g/mol. The molecule has 6 heteroatoms. The number of hydrogen-bond acceptors (Lipinski definition) is 6. The summed E-state index contributed by atoms with van der Waals surface area (Å²) in [4.78, 5) is 10.9. The molecule has 1 saturated heterocycles. The number of hydrogen-bond donors (Lipinski definition) is 0. The van der Waals surface area contributed by atoms with Gasteiger partial charge in [0.2, 0.25) is 5.88 Å². The van der Waals surface area contributed by atoms with Crippen LogP contribution in [0.1, 0.15) is 31.4 Å². The molecule has 24 heavy (non-hydrogen) atoms. The smallest absolute Gasteiger partial charge is 0.218 e. The van der Waals surface area contributed by atoms with E-state index in [1.807, 2.05) is 25.1 Å². The van der Waals surface area contributed by atoms with E-state index in [2.05, 4.69) is 20.9 Å². The Morgan fingerprint density at radius 3 is 3.08 bits per heavy atom. The summed E-state index contributed by atoms with van der Waals surface area (Å²) in [6, 6.07) is 8.27. The normalized spacial score (nSPS) is 19.4. The standard InChI is InChI=1S/C18H21N3O3/c1-2-22-17-11-16(19-12-20-17)21-8-4-6-14(21)13-5-3-7-15-18(13)24-10-9-23-15/h3,5,7,11-12,14H,2,4,6,8-10H2,1H3. The molecule has 2 aliphatic rings. The van der Waals surface area contributed by atoms with Crippen LogP contribution in [0.15, 0.2) is 30.6 Å². The lowest BCUT2D eigenvalue weighted by atomic mass is 10.0. The van der Waals surface area contributed by atoms with E-state index < -0.39 is 0 Å². The number of fused-ring (bicyclic) bond motifs is 1. The Hall–Kier alpha value is -2.50. The maximum Gasteiger partial charge on any atom is 0.218 e. The third-order valence-electron chi connectivity index (χ3n) is 4.42. The summed E-state index contributed by atoms with van der Waals surface area (Å²) in [5.41, 5.74) is 1.17. The summed E-state index contributed by atoms with van der Waals surface area (Å²) in [6.45, 7) is 4.70. The van der Waals surface area contributed by atoms with Crippen molar-refractivity contribution in [2.75, 3.05) is 31.3 Å². The predicted octanol–water partition coefficient (Wildman–Crippen LogP) is 2.99. The summed E-state index contributed by atoms with van der Waals surface area (Å²) >= 11 is 0. The lowest BCUT2D eigenvalue weighted by molar-refractivity contribution is 0.169. The Bertz CT molecular complexity index is 722. The number of nitrogens with zero attached hydrogens (tertiary/aromatic N) is 3. The van der Waals surface area contributed by atoms with Crippen LogP contribution in [0, 0.1) is 0 Å². The van der Waals surface area contributed by atoms with E-state index >= 15 is 0 Å². The Morgan fingerprint density at radius 2 is 2.17 bits per heavy atom. The van der Waals surface area contributed by atoms with Gasteiger partial charge in [-0.05, 0) is 25.8 Å². The number of benzene rings is 1. The summed E-state index contributed by atoms with van der Waals surface area (Å²) in [5.74, 6) is 3.22. The molecule has 0 radical (unpaired) electrons. The van der Waals surface area contributed by atoms with E-state index in [-0.39, 0.29) is 6.04 Å². The van der Waals surface area contributed by atoms with Gasteiger partial charge in [0.05, 0.1) is 12.6 Å². The van der Waals surface area contributed by atoms with Gasteiger partial charge < -0.3 is 19.1 Å². The van der Waals surface area contributed by atoms with Gasteiger partial charge >= 0.3 is 0 Å². The lowest BCUT2D eigenvalue weighted by Gasteiger charge is -2.29. The fourth-order valence-corrected chi connectivity index (χ4v) is 3.44. The number of rotatable bonds is 4. The quantitative estimate of drug-likeness (QED) is 0.860. The second-order valence-corrected chi connectivity index (χ2v) is 5.87. The minimum Gasteiger partial charge on any atom is -0.486 e. The number of para-hydroxylation sites is 1. The van der Waals surface area contributed by atoms with E-state index in [0.29, 0.717) is 25.7 Å². The van der Waals surface area contributed by atoms with Crippen molar-refractivity contribution in [2.45, 2.75) is 25.8 Å². The molecule has 126 valence electrons. The number of anilines is 1. The molecule has 6 nitrogen and oxygen atoms in total. The number of ether oxygens (including phenoxy) is 3. The molecule has 1 unspecified atom stereocenters. The fourth-order valence-electron chi connectivity index (χ4n) is 3.44. The Morgan fingerprint density at radius 1 is 1.25 bits per heavy atom. The minimum absolute atomic E-state index is 0.228. The van der Waals surface area contributed by atoms with Crippen LogP contribution in [0.25, 0.3) is 0 Å². The molecule has 2 aliphatic heterocycles. The fraction of sp³-hybridized carbons (Fsp3) is 0.444. The van der Waals surface area contributed by atoms with E-state index in [0.717, 1.165) is 36.7 Å². The summed E-state index contributed by atoms with van der Waals surface area (Å²) in [7, 11) is 0. The summed E-state index contributed by atoms with van der Waals surface area (Å²) in [5, 5.41) is 0. The highest BCUT2D eigenvalue weighted by atomic mass is 16.6. The lowest BCUT2D eigenvalue weighted by Crippen LogP contribution is -2.25. The Kier molecular flexibility index (Phi) is 4.11. The molecule has 0 spiro atoms. The SMILES string of the molecule is CCOc1cc(N2CCCC2c2cccc3c2OCCO3)ncn1. The molecule has 1 aromatic heterocycles. The topological polar surface area (TPSA) is 56.7 Å². The second-order valence-electron chi connectivity index (χ2n) is 5.87. The van der Waals surface area contributed by atoms with Crippen molar-refractivity contribution in [3.05, 3.63) is 36.2 Å². The van der Waals surface area contributed by atoms with Crippen molar-refractivity contribution >= 4 is 5.82 Å². The highest BCUT2D eigenvalue weighted by Crippen LogP contribution is 2.44. The van der Waals surface area contributed by atoms with Gasteiger partial charge in [-0.3, -0.25) is 0 Å². The van der Waals surface area contributed by atoms with Gasteiger partial charge in [0, 0.05) is 18.2 Å². The predicted molar refractivity (Wildman–Crippen MR) is 90.0 cm³/mol. The van der Waals surface area contributed by atoms with Crippen molar-refractivity contribution in [2.24, 2.45) is 0 Å². The van der Waals surface area contributed by atoms with Gasteiger partial charge in [0.15, 0.2) is 11.5 Å². The molecule has 0 saturated carbocycles. The molecular formula is C18H21N3O3. The molecule has 4 rings (SSSR count). The first-order chi connectivity index (χ1) is 11.9. The Labute approximate surface area is 141 Å². The summed E-state index contributed by atoms with van der Waals surface area (Å²) in [6.07, 6.45) is 3.74. The van der Waals surface area contributed by atoms with Crippen LogP contribution in [-0.2, 0) is 0 Å². The zero-order chi connectivity index (χ0) is 16.4. The van der Waals surface area contributed by atoms with Crippen LogP contribution >= 0.6 is 0 Å². The van der Waals surface area contributed by atoms with Crippen molar-refractivity contribution < 1.29 is 14.2 Å². The Balaban J connectivity index is 1.67. The van der Waals surface area contributed by atoms with E-state index in [1.165, 1.54) is 5.56 Å². The highest BCUT2D eigenvalue weighted by Gasteiger charge is 2.31. The van der Waals surface area contributed by atoms with Crippen molar-refractivity contribution in [1.29, 1.82) is 0 Å². The van der Waals surface area contributed by atoms with Crippen LogP contribution in [-0.4, -0.2) is 36.3 Å². The molecule has 0 bridgehead atoms. The third kappa shape index (κ3) is 2.72. The maximum atomic E-state index is 5.90. The molecule has 1 aromatic carbocycles. The van der Waals surface area contributed by atoms with Crippen LogP contribution in [0.2, 0.25) is 0 Å². The van der Waals surface area contributed by atoms with Gasteiger partial charge in [-0.1, -0.05) is 12.1 Å². The highest BCUT2D eigenvalue weighted by molar-refractivity contribution is 5.53. The van der Waals surface area contributed by atoms with Crippen LogP contribution < -0.4 is 19.1 Å². The van der Waals surface area contributed by atoms with Crippen LogP contribution in [0.4, 0.5) is 5.82 Å². The zero-order valence-electron chi connectivity index (χ0n) is 13.8. The monoisotopic (exact) mass is 327 g/mol. The first-order valence-electron chi connectivity index (χ1n) is 8.47. The van der Waals surface area contributed by atoms with Gasteiger partial charge in [-0.25, -0.2) is 9.97 Å². The largest absolute Gasteiger partial charge is 0.486 e. The van der Waals surface area contributed by atoms with Gasteiger partial charge in [0.1, 0.15) is 25.4 Å². The maximum absolute atomic E-state index is 5.90. The van der Waals surface area contributed by atoms with Crippen molar-refractivity contribution in [1.82, 2.24) is 9.97 Å². The van der Waals surface area contributed by atoms with E-state index in [4.69, 9.17) is 14.2 Å². The van der Waals surface area contributed by atoms with Crippen molar-refractivity contribution in [3.63, 3.8) is 0 Å². The van der Waals surface area contributed by atoms with Crippen molar-refractivity contribution in [3.8, 4) is 17.4 Å². The van der Waals surface area contributed by atoms with Crippen LogP contribution in [0.5, 0.6) is 17.4 Å². The molecule has 1 fully saturated rings.